The largest absolute Gasteiger partial charge is 0.394 e. The van der Waals surface area contributed by atoms with Crippen LogP contribution in [0.4, 0.5) is 5.69 Å². The molecule has 34 heavy (non-hydrogen) atoms. The van der Waals surface area contributed by atoms with Crippen LogP contribution in [-0.2, 0) is 13.1 Å². The van der Waals surface area contributed by atoms with E-state index in [1.807, 2.05) is 4.90 Å². The first kappa shape index (κ1) is 22.9. The van der Waals surface area contributed by atoms with Gasteiger partial charge in [0.05, 0.1) is 25.0 Å². The lowest BCUT2D eigenvalue weighted by Gasteiger charge is -2.36. The fourth-order valence-corrected chi connectivity index (χ4v) is 5.72. The molecule has 180 valence electrons. The number of carbonyl (C=O) groups is 1. The molecule has 0 unspecified atom stereocenters. The fraction of sp³-hybridized carbons (Fsp3) is 0.464. The highest BCUT2D eigenvalue weighted by molar-refractivity contribution is 5.97. The van der Waals surface area contributed by atoms with Crippen molar-refractivity contribution in [3.05, 3.63) is 65.5 Å². The number of fused-ring (bicyclic) bond motifs is 2. The normalized spacial score (nSPS) is 18.8. The summed E-state index contributed by atoms with van der Waals surface area (Å²) in [5.41, 5.74) is 4.28. The summed E-state index contributed by atoms with van der Waals surface area (Å²) in [5.74, 6) is 0.579. The van der Waals surface area contributed by atoms with Gasteiger partial charge in [0.1, 0.15) is 5.69 Å². The number of aliphatic hydroxyl groups is 1. The average Bonchev–Trinajstić information content (AvgIpc) is 3.43. The Morgan fingerprint density at radius 1 is 1.15 bits per heavy atom. The molecule has 6 heteroatoms. The molecule has 1 amide bonds. The van der Waals surface area contributed by atoms with Crippen molar-refractivity contribution in [2.24, 2.45) is 5.92 Å². The summed E-state index contributed by atoms with van der Waals surface area (Å²) in [6, 6.07) is 14.8. The van der Waals surface area contributed by atoms with Gasteiger partial charge < -0.3 is 19.5 Å². The number of amides is 1. The second kappa shape index (κ2) is 9.43. The molecule has 0 spiro atoms. The zero-order valence-corrected chi connectivity index (χ0v) is 20.6. The van der Waals surface area contributed by atoms with Crippen LogP contribution in [0.2, 0.25) is 0 Å². The van der Waals surface area contributed by atoms with E-state index in [1.54, 1.807) is 0 Å². The molecule has 5 rings (SSSR count). The molecular formula is C28H36N4O2. The Bertz CT molecular complexity index is 1180. The number of hydrogen-bond donors (Lipinski definition) is 1. The minimum absolute atomic E-state index is 0.0251. The van der Waals surface area contributed by atoms with Crippen LogP contribution in [0.3, 0.4) is 0 Å². The molecule has 1 N–H and O–H groups in total. The lowest BCUT2D eigenvalue weighted by molar-refractivity contribution is 0.0665. The van der Waals surface area contributed by atoms with Crippen molar-refractivity contribution in [2.45, 2.75) is 45.8 Å². The van der Waals surface area contributed by atoms with E-state index >= 15 is 0 Å². The van der Waals surface area contributed by atoms with Gasteiger partial charge in [-0.3, -0.25) is 9.69 Å². The minimum atomic E-state index is -0.0860. The SMILES string of the molecule is CC(C)CN1CN(C)Cc2c1cn(Cc1cccc3ccccc13)c2C(=O)N1CCC[C@@H]1CO. The number of likely N-dealkylation sites (tertiary alicyclic amines) is 1. The Morgan fingerprint density at radius 2 is 1.94 bits per heavy atom. The lowest BCUT2D eigenvalue weighted by Crippen LogP contribution is -2.43. The van der Waals surface area contributed by atoms with E-state index in [-0.39, 0.29) is 18.6 Å². The van der Waals surface area contributed by atoms with E-state index in [9.17, 15) is 9.90 Å². The number of aromatic nitrogens is 1. The fourth-order valence-electron chi connectivity index (χ4n) is 5.72. The van der Waals surface area contributed by atoms with Gasteiger partial charge in [0, 0.05) is 37.9 Å². The van der Waals surface area contributed by atoms with Gasteiger partial charge in [-0.2, -0.15) is 0 Å². The number of aliphatic hydroxyl groups excluding tert-OH is 1. The molecule has 2 aliphatic rings. The van der Waals surface area contributed by atoms with Gasteiger partial charge in [-0.25, -0.2) is 0 Å². The van der Waals surface area contributed by atoms with Crippen LogP contribution >= 0.6 is 0 Å². The average molecular weight is 461 g/mol. The van der Waals surface area contributed by atoms with Gasteiger partial charge in [0.15, 0.2) is 0 Å². The van der Waals surface area contributed by atoms with E-state index < -0.39 is 0 Å². The first-order valence-corrected chi connectivity index (χ1v) is 12.5. The van der Waals surface area contributed by atoms with Crippen LogP contribution in [0, 0.1) is 5.92 Å². The summed E-state index contributed by atoms with van der Waals surface area (Å²) in [5, 5.41) is 12.3. The second-order valence-corrected chi connectivity index (χ2v) is 10.4. The third-order valence-electron chi connectivity index (χ3n) is 7.20. The summed E-state index contributed by atoms with van der Waals surface area (Å²) in [6.07, 6.45) is 4.01. The van der Waals surface area contributed by atoms with Gasteiger partial charge in [-0.05, 0) is 42.1 Å². The maximum atomic E-state index is 14.0. The molecule has 1 fully saturated rings. The predicted octanol–water partition coefficient (Wildman–Crippen LogP) is 4.15. The second-order valence-electron chi connectivity index (χ2n) is 10.4. The first-order valence-electron chi connectivity index (χ1n) is 12.5. The minimum Gasteiger partial charge on any atom is -0.394 e. The molecular weight excluding hydrogens is 424 g/mol. The van der Waals surface area contributed by atoms with E-state index in [4.69, 9.17) is 0 Å². The van der Waals surface area contributed by atoms with Gasteiger partial charge in [0.25, 0.3) is 5.91 Å². The molecule has 3 aromatic rings. The predicted molar refractivity (Wildman–Crippen MR) is 137 cm³/mol. The number of nitrogens with zero attached hydrogens (tertiary/aromatic N) is 4. The van der Waals surface area contributed by atoms with Gasteiger partial charge >= 0.3 is 0 Å². The lowest BCUT2D eigenvalue weighted by atomic mass is 10.0. The maximum absolute atomic E-state index is 14.0. The van der Waals surface area contributed by atoms with Crippen molar-refractivity contribution in [1.29, 1.82) is 0 Å². The highest BCUT2D eigenvalue weighted by Gasteiger charge is 2.35. The first-order chi connectivity index (χ1) is 16.5. The summed E-state index contributed by atoms with van der Waals surface area (Å²) < 4.78 is 2.17. The van der Waals surface area contributed by atoms with Crippen LogP contribution in [0.25, 0.3) is 10.8 Å². The van der Waals surface area contributed by atoms with E-state index in [0.29, 0.717) is 19.0 Å². The Morgan fingerprint density at radius 3 is 2.74 bits per heavy atom. The topological polar surface area (TPSA) is 52.0 Å². The van der Waals surface area contributed by atoms with Crippen molar-refractivity contribution < 1.29 is 9.90 Å². The van der Waals surface area contributed by atoms with Crippen molar-refractivity contribution >= 4 is 22.4 Å². The molecule has 1 atom stereocenters. The maximum Gasteiger partial charge on any atom is 0.271 e. The van der Waals surface area contributed by atoms with Crippen LogP contribution in [0.15, 0.2) is 48.7 Å². The third kappa shape index (κ3) is 4.21. The Hall–Kier alpha value is -2.83. The molecule has 2 aliphatic heterocycles. The molecule has 3 heterocycles. The number of anilines is 1. The third-order valence-corrected chi connectivity index (χ3v) is 7.20. The number of hydrogen-bond acceptors (Lipinski definition) is 4. The number of rotatable bonds is 6. The molecule has 0 aliphatic carbocycles. The van der Waals surface area contributed by atoms with E-state index in [1.165, 1.54) is 22.0 Å². The van der Waals surface area contributed by atoms with Crippen LogP contribution in [0.5, 0.6) is 0 Å². The number of benzene rings is 2. The van der Waals surface area contributed by atoms with E-state index in [2.05, 4.69) is 83.9 Å². The Labute approximate surface area is 202 Å². The molecule has 6 nitrogen and oxygen atoms in total. The van der Waals surface area contributed by atoms with Gasteiger partial charge in [-0.1, -0.05) is 56.3 Å². The van der Waals surface area contributed by atoms with Crippen molar-refractivity contribution in [1.82, 2.24) is 14.4 Å². The number of carbonyl (C=O) groups excluding carboxylic acids is 1. The van der Waals surface area contributed by atoms with Crippen LogP contribution in [0.1, 0.15) is 48.3 Å². The zero-order valence-electron chi connectivity index (χ0n) is 20.6. The monoisotopic (exact) mass is 460 g/mol. The molecule has 0 radical (unpaired) electrons. The smallest absolute Gasteiger partial charge is 0.271 e. The zero-order chi connectivity index (χ0) is 23.8. The molecule has 1 aromatic heterocycles. The quantitative estimate of drug-likeness (QED) is 0.600. The van der Waals surface area contributed by atoms with Crippen molar-refractivity contribution in [2.75, 3.05) is 38.3 Å². The van der Waals surface area contributed by atoms with Crippen molar-refractivity contribution in [3.63, 3.8) is 0 Å². The van der Waals surface area contributed by atoms with Crippen LogP contribution in [-0.4, -0.2) is 64.8 Å². The molecule has 2 aromatic carbocycles. The highest BCUT2D eigenvalue weighted by atomic mass is 16.3. The summed E-state index contributed by atoms with van der Waals surface area (Å²) in [6.45, 7) is 8.43. The van der Waals surface area contributed by atoms with Gasteiger partial charge in [0.2, 0.25) is 0 Å². The standard InChI is InChI=1S/C28H36N4O2/c1-20(2)14-31-19-29(3)16-25-26(31)17-30(27(25)28(34)32-13-7-11-23(32)18-33)15-22-10-6-9-21-8-4-5-12-24(21)22/h4-6,8-10,12,17,20,23,33H,7,11,13-16,18-19H2,1-3H3/t23-/m1/s1. The highest BCUT2D eigenvalue weighted by Crippen LogP contribution is 2.35. The Balaban J connectivity index is 1.62. The van der Waals surface area contributed by atoms with Crippen LogP contribution < -0.4 is 4.90 Å². The van der Waals surface area contributed by atoms with Crippen molar-refractivity contribution in [3.8, 4) is 0 Å². The summed E-state index contributed by atoms with van der Waals surface area (Å²) >= 11 is 0. The molecule has 1 saturated heterocycles. The summed E-state index contributed by atoms with van der Waals surface area (Å²) in [7, 11) is 2.12. The summed E-state index contributed by atoms with van der Waals surface area (Å²) in [4.78, 5) is 20.6. The Kier molecular flexibility index (Phi) is 6.36. The van der Waals surface area contributed by atoms with Gasteiger partial charge in [-0.15, -0.1) is 0 Å². The molecule has 0 saturated carbocycles. The van der Waals surface area contributed by atoms with E-state index in [0.717, 1.165) is 43.9 Å². The molecule has 0 bridgehead atoms.